The molecule has 3 fully saturated rings. The lowest BCUT2D eigenvalue weighted by Crippen LogP contribution is -2.52. The molecule has 2 aliphatic carbocycles. The number of hydrogen-bond acceptors (Lipinski definition) is 3. The molecular formula is C14H27N3O2S. The van der Waals surface area contributed by atoms with Crippen molar-refractivity contribution in [2.45, 2.75) is 63.5 Å². The minimum absolute atomic E-state index is 0.0839. The van der Waals surface area contributed by atoms with Gasteiger partial charge in [0.2, 0.25) is 0 Å². The second kappa shape index (κ2) is 5.91. The Kier molecular flexibility index (Phi) is 4.36. The number of nitrogens with two attached hydrogens (primary N) is 1. The monoisotopic (exact) mass is 301 g/mol. The number of rotatable bonds is 5. The van der Waals surface area contributed by atoms with E-state index in [9.17, 15) is 8.42 Å². The van der Waals surface area contributed by atoms with Crippen molar-refractivity contribution in [3.05, 3.63) is 0 Å². The highest BCUT2D eigenvalue weighted by atomic mass is 32.2. The van der Waals surface area contributed by atoms with Crippen LogP contribution in [0.3, 0.4) is 0 Å². The largest absolute Gasteiger partial charge is 0.329 e. The molecule has 3 unspecified atom stereocenters. The lowest BCUT2D eigenvalue weighted by Gasteiger charge is -2.33. The Morgan fingerprint density at radius 3 is 2.45 bits per heavy atom. The van der Waals surface area contributed by atoms with Crippen LogP contribution in [0.25, 0.3) is 0 Å². The van der Waals surface area contributed by atoms with E-state index in [1.165, 1.54) is 25.7 Å². The average Bonchev–Trinajstić information content (AvgIpc) is 3.09. The first-order chi connectivity index (χ1) is 9.60. The highest BCUT2D eigenvalue weighted by Gasteiger charge is 2.44. The van der Waals surface area contributed by atoms with Crippen molar-refractivity contribution < 1.29 is 8.42 Å². The van der Waals surface area contributed by atoms with Crippen LogP contribution in [0.1, 0.15) is 51.4 Å². The van der Waals surface area contributed by atoms with E-state index < -0.39 is 10.2 Å². The Balaban J connectivity index is 1.65. The van der Waals surface area contributed by atoms with E-state index in [1.807, 2.05) is 0 Å². The summed E-state index contributed by atoms with van der Waals surface area (Å²) >= 11 is 0. The number of hydrogen-bond donors (Lipinski definition) is 2. The number of nitrogens with zero attached hydrogens (tertiary/aromatic N) is 1. The quantitative estimate of drug-likeness (QED) is 0.801. The van der Waals surface area contributed by atoms with Crippen LogP contribution in [0.4, 0.5) is 0 Å². The second-order valence-electron chi connectivity index (χ2n) is 6.77. The average molecular weight is 301 g/mol. The second-order valence-corrected chi connectivity index (χ2v) is 8.42. The van der Waals surface area contributed by atoms with E-state index in [4.69, 9.17) is 5.73 Å². The van der Waals surface area contributed by atoms with Gasteiger partial charge >= 0.3 is 0 Å². The Morgan fingerprint density at radius 2 is 1.90 bits per heavy atom. The summed E-state index contributed by atoms with van der Waals surface area (Å²) in [5.74, 6) is 1.01. The third-order valence-electron chi connectivity index (χ3n) is 5.44. The first-order valence-corrected chi connectivity index (χ1v) is 9.53. The van der Waals surface area contributed by atoms with Gasteiger partial charge in [-0.2, -0.15) is 17.4 Å². The lowest BCUT2D eigenvalue weighted by atomic mass is 9.84. The van der Waals surface area contributed by atoms with Crippen molar-refractivity contribution in [3.63, 3.8) is 0 Å². The van der Waals surface area contributed by atoms with Gasteiger partial charge in [-0.05, 0) is 43.9 Å². The molecule has 0 aromatic carbocycles. The third kappa shape index (κ3) is 2.89. The molecule has 2 saturated carbocycles. The van der Waals surface area contributed by atoms with Crippen LogP contribution in [0.2, 0.25) is 0 Å². The van der Waals surface area contributed by atoms with Crippen LogP contribution < -0.4 is 10.5 Å². The molecule has 0 spiro atoms. The Labute approximate surface area is 122 Å². The Hall–Kier alpha value is -0.170. The van der Waals surface area contributed by atoms with E-state index in [1.54, 1.807) is 4.31 Å². The van der Waals surface area contributed by atoms with Gasteiger partial charge in [0.1, 0.15) is 0 Å². The van der Waals surface area contributed by atoms with E-state index in [0.717, 1.165) is 25.7 Å². The van der Waals surface area contributed by atoms with Crippen molar-refractivity contribution in [2.24, 2.45) is 17.6 Å². The summed E-state index contributed by atoms with van der Waals surface area (Å²) in [4.78, 5) is 0. The van der Waals surface area contributed by atoms with Crippen LogP contribution in [0.5, 0.6) is 0 Å². The van der Waals surface area contributed by atoms with Gasteiger partial charge in [0.05, 0.1) is 0 Å². The first kappa shape index (κ1) is 14.8. The van der Waals surface area contributed by atoms with E-state index >= 15 is 0 Å². The first-order valence-electron chi connectivity index (χ1n) is 8.09. The molecule has 1 saturated heterocycles. The molecule has 3 aliphatic rings. The molecule has 0 radical (unpaired) electrons. The van der Waals surface area contributed by atoms with Gasteiger partial charge in [-0.15, -0.1) is 0 Å². The Bertz CT molecular complexity index is 434. The molecule has 2 bridgehead atoms. The summed E-state index contributed by atoms with van der Waals surface area (Å²) < 4.78 is 29.8. The zero-order valence-corrected chi connectivity index (χ0v) is 12.9. The lowest BCUT2D eigenvalue weighted by molar-refractivity contribution is 0.280. The molecule has 3 atom stereocenters. The summed E-state index contributed by atoms with van der Waals surface area (Å²) in [7, 11) is -3.35. The predicted octanol–water partition coefficient (Wildman–Crippen LogP) is 1.21. The van der Waals surface area contributed by atoms with Crippen LogP contribution in [0.15, 0.2) is 0 Å². The van der Waals surface area contributed by atoms with Crippen LogP contribution in [-0.2, 0) is 10.2 Å². The van der Waals surface area contributed by atoms with Crippen molar-refractivity contribution in [2.75, 3.05) is 13.1 Å². The van der Waals surface area contributed by atoms with Gasteiger partial charge in [0, 0.05) is 25.2 Å². The maximum atomic E-state index is 12.6. The topological polar surface area (TPSA) is 75.4 Å². The van der Waals surface area contributed by atoms with Gasteiger partial charge in [-0.25, -0.2) is 0 Å². The minimum Gasteiger partial charge on any atom is -0.329 e. The van der Waals surface area contributed by atoms with Gasteiger partial charge in [0.15, 0.2) is 0 Å². The third-order valence-corrected chi connectivity index (χ3v) is 7.11. The fraction of sp³-hybridized carbons (Fsp3) is 1.00. The molecule has 116 valence electrons. The minimum atomic E-state index is -3.35. The zero-order chi connectivity index (χ0) is 14.2. The fourth-order valence-electron chi connectivity index (χ4n) is 4.31. The summed E-state index contributed by atoms with van der Waals surface area (Å²) in [6.45, 7) is 1.12. The predicted molar refractivity (Wildman–Crippen MR) is 79.3 cm³/mol. The summed E-state index contributed by atoms with van der Waals surface area (Å²) in [5.41, 5.74) is 5.84. The van der Waals surface area contributed by atoms with Crippen LogP contribution >= 0.6 is 0 Å². The molecule has 3 N–H and O–H groups in total. The maximum Gasteiger partial charge on any atom is 0.280 e. The van der Waals surface area contributed by atoms with Crippen LogP contribution in [0, 0.1) is 11.8 Å². The maximum absolute atomic E-state index is 12.6. The number of nitrogens with one attached hydrogen (secondary N) is 1. The molecule has 3 rings (SSSR count). The van der Waals surface area contributed by atoms with Crippen molar-refractivity contribution in [3.8, 4) is 0 Å². The highest BCUT2D eigenvalue weighted by Crippen LogP contribution is 2.39. The van der Waals surface area contributed by atoms with Gasteiger partial charge in [-0.1, -0.05) is 19.3 Å². The van der Waals surface area contributed by atoms with Crippen molar-refractivity contribution in [1.29, 1.82) is 0 Å². The van der Waals surface area contributed by atoms with Gasteiger partial charge < -0.3 is 5.73 Å². The molecule has 0 aromatic heterocycles. The molecule has 1 aliphatic heterocycles. The molecule has 1 heterocycles. The zero-order valence-electron chi connectivity index (χ0n) is 12.1. The fourth-order valence-corrected chi connectivity index (χ4v) is 6.10. The van der Waals surface area contributed by atoms with Gasteiger partial charge in [-0.3, -0.25) is 0 Å². The molecule has 0 amide bonds. The molecule has 5 nitrogen and oxygen atoms in total. The summed E-state index contributed by atoms with van der Waals surface area (Å²) in [5, 5.41) is 0. The summed E-state index contributed by atoms with van der Waals surface area (Å²) in [6.07, 6.45) is 9.18. The molecule has 6 heteroatoms. The molecule has 0 aromatic rings. The smallest absolute Gasteiger partial charge is 0.280 e. The highest BCUT2D eigenvalue weighted by molar-refractivity contribution is 7.87. The van der Waals surface area contributed by atoms with Crippen LogP contribution in [-0.4, -0.2) is 37.9 Å². The summed E-state index contributed by atoms with van der Waals surface area (Å²) in [6, 6.07) is 0.154. The van der Waals surface area contributed by atoms with Gasteiger partial charge in [0.25, 0.3) is 10.2 Å². The van der Waals surface area contributed by atoms with E-state index in [0.29, 0.717) is 24.9 Å². The molecular weight excluding hydrogens is 274 g/mol. The standard InChI is InChI=1S/C14H27N3O2S/c15-9-14(12-4-2-1-3-5-12)16-20(18,19)17-10-11-6-7-13(17)8-11/h11-14,16H,1-10,15H2. The molecule has 20 heavy (non-hydrogen) atoms. The normalized spacial score (nSPS) is 33.6. The van der Waals surface area contributed by atoms with E-state index in [2.05, 4.69) is 4.72 Å². The number of fused-ring (bicyclic) bond motifs is 2. The number of piperidine rings is 1. The Morgan fingerprint density at radius 1 is 1.15 bits per heavy atom. The SMILES string of the molecule is NCC(NS(=O)(=O)N1CC2CCC1C2)C1CCCCC1. The van der Waals surface area contributed by atoms with Crippen molar-refractivity contribution >= 4 is 10.2 Å². The van der Waals surface area contributed by atoms with E-state index in [-0.39, 0.29) is 12.1 Å². The van der Waals surface area contributed by atoms with Crippen molar-refractivity contribution in [1.82, 2.24) is 9.03 Å².